The zero-order valence-corrected chi connectivity index (χ0v) is 14.2. The molecule has 2 heterocycles. The second-order valence-electron chi connectivity index (χ2n) is 4.87. The van der Waals surface area contributed by atoms with Crippen LogP contribution in [0.5, 0.6) is 0 Å². The summed E-state index contributed by atoms with van der Waals surface area (Å²) in [4.78, 5) is 18.0. The van der Waals surface area contributed by atoms with Crippen LogP contribution in [0, 0.1) is 0 Å². The molecule has 1 aromatic rings. The van der Waals surface area contributed by atoms with Crippen molar-refractivity contribution in [2.24, 2.45) is 0 Å². The van der Waals surface area contributed by atoms with Gasteiger partial charge in [0.15, 0.2) is 0 Å². The Labute approximate surface area is 133 Å². The van der Waals surface area contributed by atoms with Crippen LogP contribution in [0.1, 0.15) is 23.7 Å². The highest BCUT2D eigenvalue weighted by molar-refractivity contribution is 9.10. The molecule has 0 aliphatic carbocycles. The third kappa shape index (κ3) is 4.02. The number of hydrogen-bond acceptors (Lipinski definition) is 4. The lowest BCUT2D eigenvalue weighted by Crippen LogP contribution is -2.51. The monoisotopic (exact) mass is 375 g/mol. The molecule has 0 spiro atoms. The molecule has 1 aromatic heterocycles. The van der Waals surface area contributed by atoms with E-state index in [0.29, 0.717) is 42.8 Å². The molecule has 1 amide bonds. The largest absolute Gasteiger partial charge is 0.336 e. The van der Waals surface area contributed by atoms with Crippen molar-refractivity contribution < 1.29 is 13.2 Å². The molecule has 21 heavy (non-hydrogen) atoms. The number of amides is 1. The molecule has 6 nitrogen and oxygen atoms in total. The van der Waals surface area contributed by atoms with E-state index in [9.17, 15) is 13.2 Å². The zero-order valence-electron chi connectivity index (χ0n) is 11.8. The average molecular weight is 376 g/mol. The second kappa shape index (κ2) is 6.85. The Bertz CT molecular complexity index is 613. The van der Waals surface area contributed by atoms with Gasteiger partial charge < -0.3 is 4.90 Å². The first-order valence-corrected chi connectivity index (χ1v) is 9.23. The predicted molar refractivity (Wildman–Crippen MR) is 83.5 cm³/mol. The Morgan fingerprint density at radius 2 is 2.00 bits per heavy atom. The molecule has 0 unspecified atom stereocenters. The van der Waals surface area contributed by atoms with Gasteiger partial charge in [-0.25, -0.2) is 13.4 Å². The maximum absolute atomic E-state index is 12.3. The van der Waals surface area contributed by atoms with Crippen LogP contribution in [0.4, 0.5) is 0 Å². The van der Waals surface area contributed by atoms with Crippen LogP contribution in [0.2, 0.25) is 0 Å². The molecular weight excluding hydrogens is 358 g/mol. The smallest absolute Gasteiger partial charge is 0.254 e. The minimum absolute atomic E-state index is 0.0920. The number of piperazine rings is 1. The average Bonchev–Trinajstić information content (AvgIpc) is 2.46. The van der Waals surface area contributed by atoms with Gasteiger partial charge in [0.25, 0.3) is 5.91 Å². The van der Waals surface area contributed by atoms with E-state index in [1.54, 1.807) is 23.2 Å². The van der Waals surface area contributed by atoms with Crippen LogP contribution in [0.3, 0.4) is 0 Å². The highest BCUT2D eigenvalue weighted by Gasteiger charge is 2.28. The van der Waals surface area contributed by atoms with Crippen molar-refractivity contribution in [2.45, 2.75) is 13.3 Å². The number of halogens is 1. The maximum Gasteiger partial charge on any atom is 0.254 e. The number of carbonyl (C=O) groups is 1. The first-order valence-electron chi connectivity index (χ1n) is 6.82. The molecule has 2 rings (SSSR count). The fraction of sp³-hybridized carbons (Fsp3) is 0.538. The van der Waals surface area contributed by atoms with Gasteiger partial charge in [0.1, 0.15) is 4.60 Å². The molecule has 0 aromatic carbocycles. The quantitative estimate of drug-likeness (QED) is 0.744. The molecule has 116 valence electrons. The van der Waals surface area contributed by atoms with E-state index in [1.807, 2.05) is 6.92 Å². The highest BCUT2D eigenvalue weighted by Crippen LogP contribution is 2.14. The number of pyridine rings is 1. The summed E-state index contributed by atoms with van der Waals surface area (Å²) in [5, 5.41) is 0. The van der Waals surface area contributed by atoms with Gasteiger partial charge in [-0.3, -0.25) is 4.79 Å². The highest BCUT2D eigenvalue weighted by atomic mass is 79.9. The summed E-state index contributed by atoms with van der Waals surface area (Å²) in [6, 6.07) is 3.33. The Kier molecular flexibility index (Phi) is 5.34. The van der Waals surface area contributed by atoms with Crippen molar-refractivity contribution in [3.63, 3.8) is 0 Å². The number of carbonyl (C=O) groups excluding carboxylic acids is 1. The summed E-state index contributed by atoms with van der Waals surface area (Å²) in [5.41, 5.74) is 0.557. The van der Waals surface area contributed by atoms with Gasteiger partial charge in [-0.15, -0.1) is 0 Å². The first-order chi connectivity index (χ1) is 9.94. The summed E-state index contributed by atoms with van der Waals surface area (Å²) in [7, 11) is -3.18. The SMILES string of the molecule is CCCS(=O)(=O)N1CCN(C(=O)c2ccnc(Br)c2)CC1. The van der Waals surface area contributed by atoms with Crippen molar-refractivity contribution >= 4 is 31.9 Å². The van der Waals surface area contributed by atoms with Crippen LogP contribution in [0.25, 0.3) is 0 Å². The van der Waals surface area contributed by atoms with Gasteiger partial charge in [-0.1, -0.05) is 6.92 Å². The van der Waals surface area contributed by atoms with E-state index in [2.05, 4.69) is 20.9 Å². The standard InChI is InChI=1S/C13H18BrN3O3S/c1-2-9-21(19,20)17-7-5-16(6-8-17)13(18)11-3-4-15-12(14)10-11/h3-4,10H,2,5-9H2,1H3. The van der Waals surface area contributed by atoms with Gasteiger partial charge in [0.05, 0.1) is 5.75 Å². The molecule has 8 heteroatoms. The maximum atomic E-state index is 12.3. The molecule has 1 saturated heterocycles. The van der Waals surface area contributed by atoms with E-state index in [-0.39, 0.29) is 11.7 Å². The Balaban J connectivity index is 2.00. The first kappa shape index (κ1) is 16.4. The van der Waals surface area contributed by atoms with E-state index in [0.717, 1.165) is 0 Å². The van der Waals surface area contributed by atoms with Crippen LogP contribution in [-0.2, 0) is 10.0 Å². The van der Waals surface area contributed by atoms with E-state index in [4.69, 9.17) is 0 Å². The zero-order chi connectivity index (χ0) is 15.5. The number of sulfonamides is 1. The van der Waals surface area contributed by atoms with Gasteiger partial charge in [-0.2, -0.15) is 4.31 Å². The molecule has 1 aliphatic heterocycles. The van der Waals surface area contributed by atoms with Crippen LogP contribution < -0.4 is 0 Å². The van der Waals surface area contributed by atoms with E-state index >= 15 is 0 Å². The van der Waals surface area contributed by atoms with Crippen LogP contribution >= 0.6 is 15.9 Å². The summed E-state index contributed by atoms with van der Waals surface area (Å²) >= 11 is 3.24. The molecule has 1 aliphatic rings. The summed E-state index contributed by atoms with van der Waals surface area (Å²) < 4.78 is 26.1. The fourth-order valence-corrected chi connectivity index (χ4v) is 4.13. The molecule has 1 fully saturated rings. The van der Waals surface area contributed by atoms with Crippen molar-refractivity contribution in [1.82, 2.24) is 14.2 Å². The van der Waals surface area contributed by atoms with Crippen molar-refractivity contribution in [2.75, 3.05) is 31.9 Å². The van der Waals surface area contributed by atoms with Crippen molar-refractivity contribution in [1.29, 1.82) is 0 Å². The second-order valence-corrected chi connectivity index (χ2v) is 7.78. The third-order valence-corrected chi connectivity index (χ3v) is 5.86. The lowest BCUT2D eigenvalue weighted by atomic mass is 10.2. The van der Waals surface area contributed by atoms with Gasteiger partial charge in [-0.05, 0) is 34.5 Å². The lowest BCUT2D eigenvalue weighted by Gasteiger charge is -2.34. The molecular formula is C13H18BrN3O3S. The normalized spacial score (nSPS) is 17.0. The number of hydrogen-bond donors (Lipinski definition) is 0. The number of aromatic nitrogens is 1. The Morgan fingerprint density at radius 1 is 1.33 bits per heavy atom. The van der Waals surface area contributed by atoms with E-state index < -0.39 is 10.0 Å². The summed E-state index contributed by atoms with van der Waals surface area (Å²) in [5.74, 6) is 0.0729. The number of rotatable bonds is 4. The minimum atomic E-state index is -3.18. The number of nitrogens with zero attached hydrogens (tertiary/aromatic N) is 3. The van der Waals surface area contributed by atoms with Gasteiger partial charge in [0.2, 0.25) is 10.0 Å². The Morgan fingerprint density at radius 3 is 2.57 bits per heavy atom. The van der Waals surface area contributed by atoms with Crippen LogP contribution in [0.15, 0.2) is 22.9 Å². The van der Waals surface area contributed by atoms with Gasteiger partial charge in [0, 0.05) is 37.9 Å². The van der Waals surface area contributed by atoms with Crippen LogP contribution in [-0.4, -0.2) is 60.4 Å². The molecule has 0 N–H and O–H groups in total. The molecule has 0 atom stereocenters. The van der Waals surface area contributed by atoms with E-state index in [1.165, 1.54) is 4.31 Å². The molecule has 0 radical (unpaired) electrons. The summed E-state index contributed by atoms with van der Waals surface area (Å²) in [6.45, 7) is 3.41. The molecule has 0 saturated carbocycles. The predicted octanol–water partition coefficient (Wildman–Crippen LogP) is 1.34. The van der Waals surface area contributed by atoms with Gasteiger partial charge >= 0.3 is 0 Å². The Hall–Kier alpha value is -0.990. The fourth-order valence-electron chi connectivity index (χ4n) is 2.27. The van der Waals surface area contributed by atoms with Crippen molar-refractivity contribution in [3.05, 3.63) is 28.5 Å². The minimum Gasteiger partial charge on any atom is -0.336 e. The lowest BCUT2D eigenvalue weighted by molar-refractivity contribution is 0.0697. The topological polar surface area (TPSA) is 70.6 Å². The summed E-state index contributed by atoms with van der Waals surface area (Å²) in [6.07, 6.45) is 2.17. The van der Waals surface area contributed by atoms with Crippen molar-refractivity contribution in [3.8, 4) is 0 Å². The third-order valence-electron chi connectivity index (χ3n) is 3.35. The molecule has 0 bridgehead atoms.